The summed E-state index contributed by atoms with van der Waals surface area (Å²) < 4.78 is 24.3. The summed E-state index contributed by atoms with van der Waals surface area (Å²) in [6.07, 6.45) is 2.43. The van der Waals surface area contributed by atoms with Crippen molar-refractivity contribution in [1.29, 1.82) is 0 Å². The standard InChI is InChI=1S/C27H32FN3O6/c1-3-37-24(32)15-22(18-7-9-23(36-2)21(28)14-18)30-26(33)19-11-16(12-19)13-20-8-6-17-5-4-10-31(27(34)35)25(17)29-20/h6-9,14,16,19,22H,3-5,10-13,15H2,1-2H3,(H,30,33)(H,34,35)/t16-,19+,22?. The zero-order chi connectivity index (χ0) is 26.5. The quantitative estimate of drug-likeness (QED) is 0.486. The van der Waals surface area contributed by atoms with Crippen molar-refractivity contribution < 1.29 is 33.4 Å². The number of carboxylic acid groups (broad SMARTS) is 1. The van der Waals surface area contributed by atoms with Crippen molar-refractivity contribution in [3.63, 3.8) is 0 Å². The molecular formula is C27H32FN3O6. The summed E-state index contributed by atoms with van der Waals surface area (Å²) in [7, 11) is 1.37. The Morgan fingerprint density at radius 2 is 2.03 bits per heavy atom. The highest BCUT2D eigenvalue weighted by atomic mass is 19.1. The van der Waals surface area contributed by atoms with E-state index >= 15 is 0 Å². The number of ether oxygens (including phenoxy) is 2. The van der Waals surface area contributed by atoms with Gasteiger partial charge in [-0.05, 0) is 74.3 Å². The number of aryl methyl sites for hydroxylation is 1. The van der Waals surface area contributed by atoms with Crippen LogP contribution in [0.5, 0.6) is 5.75 Å². The SMILES string of the molecule is CCOC(=O)CC(NC(=O)[C@H]1C[C@@H](Cc2ccc3c(n2)N(C(=O)O)CCC3)C1)c1ccc(OC)c(F)c1. The van der Waals surface area contributed by atoms with Gasteiger partial charge >= 0.3 is 12.1 Å². The van der Waals surface area contributed by atoms with Crippen LogP contribution in [0.15, 0.2) is 30.3 Å². The highest BCUT2D eigenvalue weighted by molar-refractivity contribution is 5.86. The lowest BCUT2D eigenvalue weighted by atomic mass is 9.72. The molecule has 1 aliphatic carbocycles. The molecule has 1 aromatic heterocycles. The number of methoxy groups -OCH3 is 1. The largest absolute Gasteiger partial charge is 0.494 e. The molecule has 2 aliphatic rings. The molecule has 1 aromatic carbocycles. The lowest BCUT2D eigenvalue weighted by Crippen LogP contribution is -2.41. The van der Waals surface area contributed by atoms with E-state index in [0.717, 1.165) is 24.1 Å². The minimum absolute atomic E-state index is 0.0778. The first kappa shape index (κ1) is 26.4. The third-order valence-electron chi connectivity index (χ3n) is 7.00. The molecule has 0 spiro atoms. The van der Waals surface area contributed by atoms with E-state index in [4.69, 9.17) is 9.47 Å². The van der Waals surface area contributed by atoms with Crippen LogP contribution in [0.3, 0.4) is 0 Å². The molecule has 2 aromatic rings. The van der Waals surface area contributed by atoms with E-state index in [0.29, 0.717) is 37.2 Å². The summed E-state index contributed by atoms with van der Waals surface area (Å²) in [5, 5.41) is 12.4. The van der Waals surface area contributed by atoms with E-state index in [1.54, 1.807) is 13.0 Å². The summed E-state index contributed by atoms with van der Waals surface area (Å²) in [5.74, 6) is -0.657. The van der Waals surface area contributed by atoms with Crippen molar-refractivity contribution in [3.8, 4) is 5.75 Å². The number of anilines is 1. The molecule has 1 saturated carbocycles. The van der Waals surface area contributed by atoms with Crippen LogP contribution in [-0.2, 0) is 27.2 Å². The molecule has 0 saturated heterocycles. The van der Waals surface area contributed by atoms with Gasteiger partial charge in [0, 0.05) is 18.2 Å². The van der Waals surface area contributed by atoms with E-state index in [1.807, 2.05) is 12.1 Å². The van der Waals surface area contributed by atoms with E-state index in [9.17, 15) is 23.9 Å². The van der Waals surface area contributed by atoms with Gasteiger partial charge < -0.3 is 19.9 Å². The summed E-state index contributed by atoms with van der Waals surface area (Å²) in [6.45, 7) is 2.35. The molecule has 9 nitrogen and oxygen atoms in total. The maximum Gasteiger partial charge on any atom is 0.413 e. The number of aromatic nitrogens is 1. The Kier molecular flexibility index (Phi) is 8.25. The number of nitrogens with zero attached hydrogens (tertiary/aromatic N) is 2. The zero-order valence-electron chi connectivity index (χ0n) is 21.0. The zero-order valence-corrected chi connectivity index (χ0v) is 21.0. The number of halogens is 1. The molecule has 198 valence electrons. The third kappa shape index (κ3) is 6.18. The monoisotopic (exact) mass is 513 g/mol. The van der Waals surface area contributed by atoms with Gasteiger partial charge in [0.05, 0.1) is 26.2 Å². The number of hydrogen-bond acceptors (Lipinski definition) is 6. The highest BCUT2D eigenvalue weighted by Crippen LogP contribution is 2.37. The molecule has 37 heavy (non-hydrogen) atoms. The Bertz CT molecular complexity index is 1170. The van der Waals surface area contributed by atoms with Crippen molar-refractivity contribution in [2.45, 2.75) is 51.5 Å². The second kappa shape index (κ2) is 11.6. The molecule has 2 heterocycles. The van der Waals surface area contributed by atoms with Gasteiger partial charge in [-0.2, -0.15) is 0 Å². The number of carbonyl (C=O) groups is 3. The lowest BCUT2D eigenvalue weighted by Gasteiger charge is -2.35. The summed E-state index contributed by atoms with van der Waals surface area (Å²) in [6, 6.07) is 7.50. The first-order chi connectivity index (χ1) is 17.8. The van der Waals surface area contributed by atoms with Crippen LogP contribution in [0.25, 0.3) is 0 Å². The van der Waals surface area contributed by atoms with Crippen LogP contribution in [0.2, 0.25) is 0 Å². The van der Waals surface area contributed by atoms with Crippen molar-refractivity contribution in [2.24, 2.45) is 11.8 Å². The molecular weight excluding hydrogens is 481 g/mol. The summed E-state index contributed by atoms with van der Waals surface area (Å²) >= 11 is 0. The van der Waals surface area contributed by atoms with E-state index in [1.165, 1.54) is 24.1 Å². The molecule has 2 N–H and O–H groups in total. The van der Waals surface area contributed by atoms with Crippen LogP contribution in [0.1, 0.15) is 55.5 Å². The number of benzene rings is 1. The molecule has 2 amide bonds. The minimum Gasteiger partial charge on any atom is -0.494 e. The number of fused-ring (bicyclic) bond motifs is 1. The van der Waals surface area contributed by atoms with Crippen molar-refractivity contribution >= 4 is 23.8 Å². The predicted octanol–water partition coefficient (Wildman–Crippen LogP) is 4.04. The molecule has 1 aliphatic heterocycles. The fourth-order valence-corrected chi connectivity index (χ4v) is 5.02. The fraction of sp³-hybridized carbons (Fsp3) is 0.481. The van der Waals surface area contributed by atoms with Crippen LogP contribution < -0.4 is 15.0 Å². The van der Waals surface area contributed by atoms with Gasteiger partial charge in [0.25, 0.3) is 0 Å². The van der Waals surface area contributed by atoms with Crippen molar-refractivity contribution in [1.82, 2.24) is 10.3 Å². The topological polar surface area (TPSA) is 118 Å². The van der Waals surface area contributed by atoms with Crippen LogP contribution in [0, 0.1) is 17.7 Å². The van der Waals surface area contributed by atoms with Gasteiger partial charge in [-0.25, -0.2) is 14.2 Å². The number of amides is 2. The number of pyridine rings is 1. The van der Waals surface area contributed by atoms with E-state index in [2.05, 4.69) is 10.3 Å². The number of hydrogen-bond donors (Lipinski definition) is 2. The molecule has 0 bridgehead atoms. The van der Waals surface area contributed by atoms with Gasteiger partial charge in [-0.3, -0.25) is 14.5 Å². The Hall–Kier alpha value is -3.69. The number of nitrogens with one attached hydrogen (secondary N) is 1. The normalized spacial score (nSPS) is 19.3. The average molecular weight is 514 g/mol. The average Bonchev–Trinajstić information content (AvgIpc) is 2.85. The Labute approximate surface area is 215 Å². The van der Waals surface area contributed by atoms with Gasteiger partial charge in [-0.15, -0.1) is 0 Å². The maximum absolute atomic E-state index is 14.3. The van der Waals surface area contributed by atoms with Gasteiger partial charge in [0.15, 0.2) is 11.6 Å². The Balaban J connectivity index is 1.37. The van der Waals surface area contributed by atoms with Crippen LogP contribution in [0.4, 0.5) is 15.0 Å². The van der Waals surface area contributed by atoms with Crippen LogP contribution in [-0.4, -0.2) is 48.3 Å². The second-order valence-electron chi connectivity index (χ2n) is 9.53. The molecule has 1 fully saturated rings. The minimum atomic E-state index is -1.000. The van der Waals surface area contributed by atoms with Gasteiger partial charge in [0.2, 0.25) is 5.91 Å². The van der Waals surface area contributed by atoms with Crippen molar-refractivity contribution in [2.75, 3.05) is 25.2 Å². The van der Waals surface area contributed by atoms with Gasteiger partial charge in [0.1, 0.15) is 5.82 Å². The summed E-state index contributed by atoms with van der Waals surface area (Å²) in [4.78, 5) is 42.6. The van der Waals surface area contributed by atoms with E-state index < -0.39 is 23.9 Å². The van der Waals surface area contributed by atoms with Gasteiger partial charge in [-0.1, -0.05) is 12.1 Å². The molecule has 4 rings (SSSR count). The lowest BCUT2D eigenvalue weighted by molar-refractivity contribution is -0.144. The first-order valence-corrected chi connectivity index (χ1v) is 12.6. The highest BCUT2D eigenvalue weighted by Gasteiger charge is 2.36. The molecule has 0 radical (unpaired) electrons. The predicted molar refractivity (Wildman–Crippen MR) is 133 cm³/mol. The Morgan fingerprint density at radius 1 is 1.24 bits per heavy atom. The molecule has 1 atom stereocenters. The fourth-order valence-electron chi connectivity index (χ4n) is 5.02. The van der Waals surface area contributed by atoms with E-state index in [-0.39, 0.29) is 36.5 Å². The molecule has 10 heteroatoms. The number of rotatable bonds is 9. The third-order valence-corrected chi connectivity index (χ3v) is 7.00. The summed E-state index contributed by atoms with van der Waals surface area (Å²) in [5.41, 5.74) is 2.20. The van der Waals surface area contributed by atoms with Crippen LogP contribution >= 0.6 is 0 Å². The second-order valence-corrected chi connectivity index (χ2v) is 9.53. The number of esters is 1. The maximum atomic E-state index is 14.3. The Morgan fingerprint density at radius 3 is 2.70 bits per heavy atom. The van der Waals surface area contributed by atoms with Crippen molar-refractivity contribution in [3.05, 3.63) is 53.0 Å². The molecule has 1 unspecified atom stereocenters. The smallest absolute Gasteiger partial charge is 0.413 e. The number of carbonyl (C=O) groups excluding carboxylic acids is 2. The first-order valence-electron chi connectivity index (χ1n) is 12.6.